The highest BCUT2D eigenvalue weighted by atomic mass is 16.5. The third kappa shape index (κ3) is 3.88. The topological polar surface area (TPSA) is 34.1 Å². The minimum atomic E-state index is 0.271. The number of nitrogens with zero attached hydrogens (tertiary/aromatic N) is 1. The van der Waals surface area contributed by atoms with E-state index in [1.54, 1.807) is 6.20 Å². The smallest absolute Gasteiger partial charge is 0.127 e. The molecule has 0 fully saturated rings. The number of pyridine rings is 1. The van der Waals surface area contributed by atoms with E-state index in [1.165, 1.54) is 0 Å². The molecule has 0 bridgehead atoms. The molecule has 0 radical (unpaired) electrons. The van der Waals surface area contributed by atoms with Crippen LogP contribution in [0.15, 0.2) is 18.5 Å². The lowest BCUT2D eigenvalue weighted by Gasteiger charge is -2.16. The maximum absolute atomic E-state index is 5.86. The monoisotopic (exact) mass is 208 g/mol. The first-order valence-corrected chi connectivity index (χ1v) is 5.52. The first-order valence-electron chi connectivity index (χ1n) is 5.52. The molecule has 0 amide bonds. The molecule has 1 atom stereocenters. The number of aromatic nitrogens is 1. The Morgan fingerprint density at radius 3 is 3.00 bits per heavy atom. The van der Waals surface area contributed by atoms with Crippen LogP contribution in [0.5, 0.6) is 5.75 Å². The molecule has 1 unspecified atom stereocenters. The Kier molecular flexibility index (Phi) is 5.12. The van der Waals surface area contributed by atoms with Gasteiger partial charge in [0.25, 0.3) is 0 Å². The lowest BCUT2D eigenvalue weighted by molar-refractivity contribution is 0.207. The van der Waals surface area contributed by atoms with Crippen molar-refractivity contribution in [1.82, 2.24) is 10.3 Å². The lowest BCUT2D eigenvalue weighted by atomic mass is 10.2. The summed E-state index contributed by atoms with van der Waals surface area (Å²) >= 11 is 0. The van der Waals surface area contributed by atoms with Crippen LogP contribution < -0.4 is 10.1 Å². The van der Waals surface area contributed by atoms with Gasteiger partial charge in [0.1, 0.15) is 5.75 Å². The van der Waals surface area contributed by atoms with Crippen molar-refractivity contribution in [1.29, 1.82) is 0 Å². The van der Waals surface area contributed by atoms with Gasteiger partial charge >= 0.3 is 0 Å². The second-order valence-corrected chi connectivity index (χ2v) is 3.73. The third-order valence-corrected chi connectivity index (χ3v) is 2.25. The molecule has 0 aliphatic rings. The predicted molar refractivity (Wildman–Crippen MR) is 62.0 cm³/mol. The van der Waals surface area contributed by atoms with Crippen LogP contribution in [0, 0.1) is 0 Å². The summed E-state index contributed by atoms with van der Waals surface area (Å²) in [5.74, 6) is 0.945. The maximum Gasteiger partial charge on any atom is 0.127 e. The molecule has 84 valence electrons. The van der Waals surface area contributed by atoms with Gasteiger partial charge in [-0.3, -0.25) is 4.98 Å². The van der Waals surface area contributed by atoms with Crippen LogP contribution in [-0.2, 0) is 6.54 Å². The summed E-state index contributed by atoms with van der Waals surface area (Å²) < 4.78 is 5.86. The normalized spacial score (nSPS) is 12.5. The van der Waals surface area contributed by atoms with Crippen molar-refractivity contribution in [2.75, 3.05) is 7.05 Å². The summed E-state index contributed by atoms with van der Waals surface area (Å²) in [6.07, 6.45) is 6.13. The molecule has 15 heavy (non-hydrogen) atoms. The van der Waals surface area contributed by atoms with E-state index < -0.39 is 0 Å². The molecular formula is C12H20N2O. The predicted octanol–water partition coefficient (Wildman–Crippen LogP) is 2.37. The quantitative estimate of drug-likeness (QED) is 0.779. The number of rotatable bonds is 6. The Morgan fingerprint density at radius 1 is 1.53 bits per heavy atom. The minimum Gasteiger partial charge on any atom is -0.490 e. The third-order valence-electron chi connectivity index (χ3n) is 2.25. The summed E-state index contributed by atoms with van der Waals surface area (Å²) in [5, 5.41) is 3.11. The van der Waals surface area contributed by atoms with E-state index in [0.29, 0.717) is 0 Å². The summed E-state index contributed by atoms with van der Waals surface area (Å²) in [6, 6.07) is 1.93. The summed E-state index contributed by atoms with van der Waals surface area (Å²) in [5.41, 5.74) is 1.11. The average molecular weight is 208 g/mol. The molecule has 1 aromatic rings. The van der Waals surface area contributed by atoms with Crippen LogP contribution in [0.4, 0.5) is 0 Å². The van der Waals surface area contributed by atoms with Crippen molar-refractivity contribution in [2.45, 2.75) is 39.3 Å². The zero-order chi connectivity index (χ0) is 11.1. The van der Waals surface area contributed by atoms with Crippen molar-refractivity contribution in [3.8, 4) is 5.75 Å². The van der Waals surface area contributed by atoms with E-state index in [9.17, 15) is 0 Å². The first-order chi connectivity index (χ1) is 7.27. The largest absolute Gasteiger partial charge is 0.490 e. The van der Waals surface area contributed by atoms with Gasteiger partial charge in [-0.05, 0) is 26.5 Å². The highest BCUT2D eigenvalue weighted by molar-refractivity contribution is 5.30. The van der Waals surface area contributed by atoms with Gasteiger partial charge in [-0.2, -0.15) is 0 Å². The van der Waals surface area contributed by atoms with E-state index >= 15 is 0 Å². The Hall–Kier alpha value is -1.09. The zero-order valence-corrected chi connectivity index (χ0v) is 9.79. The molecule has 0 saturated heterocycles. The highest BCUT2D eigenvalue weighted by Gasteiger charge is 2.06. The lowest BCUT2D eigenvalue weighted by Crippen LogP contribution is -2.14. The van der Waals surface area contributed by atoms with Gasteiger partial charge in [0.2, 0.25) is 0 Å². The van der Waals surface area contributed by atoms with Crippen LogP contribution in [-0.4, -0.2) is 18.1 Å². The maximum atomic E-state index is 5.86. The Balaban J connectivity index is 2.66. The number of hydrogen-bond acceptors (Lipinski definition) is 3. The Labute approximate surface area is 91.9 Å². The van der Waals surface area contributed by atoms with Gasteiger partial charge in [0.15, 0.2) is 0 Å². The molecule has 0 aliphatic carbocycles. The van der Waals surface area contributed by atoms with Gasteiger partial charge in [-0.25, -0.2) is 0 Å². The van der Waals surface area contributed by atoms with Gasteiger partial charge in [0.05, 0.1) is 6.10 Å². The highest BCUT2D eigenvalue weighted by Crippen LogP contribution is 2.18. The Morgan fingerprint density at radius 2 is 2.33 bits per heavy atom. The molecule has 0 aromatic carbocycles. The number of hydrogen-bond donors (Lipinski definition) is 1. The van der Waals surface area contributed by atoms with Gasteiger partial charge in [-0.15, -0.1) is 0 Å². The summed E-state index contributed by atoms with van der Waals surface area (Å²) in [4.78, 5) is 4.10. The fourth-order valence-corrected chi connectivity index (χ4v) is 1.53. The minimum absolute atomic E-state index is 0.271. The van der Waals surface area contributed by atoms with E-state index in [0.717, 1.165) is 30.7 Å². The van der Waals surface area contributed by atoms with Crippen molar-refractivity contribution < 1.29 is 4.74 Å². The van der Waals surface area contributed by atoms with E-state index in [-0.39, 0.29) is 6.10 Å². The summed E-state index contributed by atoms with van der Waals surface area (Å²) in [6.45, 7) is 5.07. The molecular weight excluding hydrogens is 188 g/mol. The molecule has 1 aromatic heterocycles. The van der Waals surface area contributed by atoms with E-state index in [2.05, 4.69) is 24.1 Å². The van der Waals surface area contributed by atoms with Crippen molar-refractivity contribution in [2.24, 2.45) is 0 Å². The average Bonchev–Trinajstić information content (AvgIpc) is 2.21. The molecule has 1 N–H and O–H groups in total. The fourth-order valence-electron chi connectivity index (χ4n) is 1.53. The van der Waals surface area contributed by atoms with Crippen LogP contribution in [0.2, 0.25) is 0 Å². The van der Waals surface area contributed by atoms with E-state index in [4.69, 9.17) is 4.74 Å². The fraction of sp³-hybridized carbons (Fsp3) is 0.583. The standard InChI is InChI=1S/C12H20N2O/c1-4-5-10(2)15-12-6-7-14-9-11(12)8-13-3/h6-7,9-10,13H,4-5,8H2,1-3H3. The Bertz CT molecular complexity index is 289. The molecule has 0 spiro atoms. The number of nitrogens with one attached hydrogen (secondary N) is 1. The number of ether oxygens (including phenoxy) is 1. The van der Waals surface area contributed by atoms with Crippen LogP contribution in [0.25, 0.3) is 0 Å². The van der Waals surface area contributed by atoms with Crippen molar-refractivity contribution in [3.63, 3.8) is 0 Å². The second-order valence-electron chi connectivity index (χ2n) is 3.73. The molecule has 0 saturated carbocycles. The zero-order valence-electron chi connectivity index (χ0n) is 9.79. The summed E-state index contributed by atoms with van der Waals surface area (Å²) in [7, 11) is 1.92. The van der Waals surface area contributed by atoms with Gasteiger partial charge < -0.3 is 10.1 Å². The van der Waals surface area contributed by atoms with Crippen LogP contribution in [0.3, 0.4) is 0 Å². The molecule has 0 aliphatic heterocycles. The molecule has 1 rings (SSSR count). The first kappa shape index (κ1) is 12.0. The second kappa shape index (κ2) is 6.40. The molecule has 1 heterocycles. The van der Waals surface area contributed by atoms with Gasteiger partial charge in [-0.1, -0.05) is 13.3 Å². The van der Waals surface area contributed by atoms with E-state index in [1.807, 2.05) is 19.3 Å². The van der Waals surface area contributed by atoms with Crippen LogP contribution in [0.1, 0.15) is 32.3 Å². The van der Waals surface area contributed by atoms with Crippen LogP contribution >= 0.6 is 0 Å². The van der Waals surface area contributed by atoms with Crippen molar-refractivity contribution >= 4 is 0 Å². The SMILES string of the molecule is CCCC(C)Oc1ccncc1CNC. The molecule has 3 nitrogen and oxygen atoms in total. The van der Waals surface area contributed by atoms with Gasteiger partial charge in [0, 0.05) is 24.5 Å². The molecule has 3 heteroatoms. The van der Waals surface area contributed by atoms with Crippen molar-refractivity contribution in [3.05, 3.63) is 24.0 Å².